The third-order valence-electron chi connectivity index (χ3n) is 14.8. The maximum absolute atomic E-state index is 13.0. The third kappa shape index (κ3) is 42.1. The van der Waals surface area contributed by atoms with Crippen LogP contribution in [0.1, 0.15) is 184 Å². The lowest BCUT2D eigenvalue weighted by molar-refractivity contribution is -0.277. The molecule has 2 heterocycles. The SMILES string of the molecule is CC(=O)N[C@H]1[C@H](OCCCCC(=O)NCCCNC(=O)CCOCC(COCCC(=O)NCCCNC(=O)CCCCO[C@@H]2O[C@H](COC(C)=O)[C@H](OC(C)=O)[C@H](OC(C)=O)[C@H]2NC(C)=O)NC(=O)CCCCCCCCCCC(=O)O)O[C@H](COC(C)=O)[C@H](OC(C)=O)[C@@H]1OC(C)=O. The van der Waals surface area contributed by atoms with Gasteiger partial charge in [-0.25, -0.2) is 0 Å². The molecule has 7 amide bonds. The summed E-state index contributed by atoms with van der Waals surface area (Å²) in [4.78, 5) is 170. The number of rotatable bonds is 52. The van der Waals surface area contributed by atoms with E-state index in [0.717, 1.165) is 66.2 Å². The summed E-state index contributed by atoms with van der Waals surface area (Å²) in [5.41, 5.74) is 0. The quantitative estimate of drug-likeness (QED) is 0.0241. The minimum absolute atomic E-state index is 0.00536. The summed E-state index contributed by atoms with van der Waals surface area (Å²) >= 11 is 0. The van der Waals surface area contributed by atoms with Gasteiger partial charge in [0.2, 0.25) is 41.4 Å². The van der Waals surface area contributed by atoms with Crippen molar-refractivity contribution in [1.82, 2.24) is 37.2 Å². The first-order valence-corrected chi connectivity index (χ1v) is 33.9. The lowest BCUT2D eigenvalue weighted by Crippen LogP contribution is -2.66. The average molecular weight is 1420 g/mol. The van der Waals surface area contributed by atoms with Crippen molar-refractivity contribution in [2.45, 2.75) is 251 Å². The van der Waals surface area contributed by atoms with Crippen LogP contribution in [0.4, 0.5) is 0 Å². The zero-order chi connectivity index (χ0) is 73.5. The van der Waals surface area contributed by atoms with Gasteiger partial charge in [-0.05, 0) is 51.4 Å². The maximum atomic E-state index is 13.0. The fourth-order valence-electron chi connectivity index (χ4n) is 10.3. The molecule has 0 spiro atoms. The Bertz CT molecular complexity index is 2400. The van der Waals surface area contributed by atoms with Crippen molar-refractivity contribution in [3.05, 3.63) is 0 Å². The number of carbonyl (C=O) groups excluding carboxylic acids is 13. The molecule has 2 rings (SSSR count). The predicted molar refractivity (Wildman–Crippen MR) is 346 cm³/mol. The summed E-state index contributed by atoms with van der Waals surface area (Å²) in [5, 5.41) is 28.2. The number of hydrogen-bond donors (Lipinski definition) is 8. The molecule has 2 aliphatic heterocycles. The van der Waals surface area contributed by atoms with Gasteiger partial charge in [-0.1, -0.05) is 38.5 Å². The highest BCUT2D eigenvalue weighted by atomic mass is 16.7. The van der Waals surface area contributed by atoms with Gasteiger partial charge in [0.1, 0.15) is 37.5 Å². The van der Waals surface area contributed by atoms with E-state index in [1.165, 1.54) is 27.7 Å². The Labute approximate surface area is 577 Å². The van der Waals surface area contributed by atoms with Gasteiger partial charge in [-0.2, -0.15) is 0 Å². The van der Waals surface area contributed by atoms with Crippen molar-refractivity contribution in [2.75, 3.05) is 79.0 Å². The number of carbonyl (C=O) groups is 14. The van der Waals surface area contributed by atoms with E-state index in [2.05, 4.69) is 37.2 Å². The molecule has 564 valence electrons. The molecule has 2 saturated heterocycles. The molecular formula is C65H107N7O27. The molecule has 0 bridgehead atoms. The lowest BCUT2D eigenvalue weighted by atomic mass is 9.96. The molecule has 2 aliphatic rings. The van der Waals surface area contributed by atoms with Crippen molar-refractivity contribution in [1.29, 1.82) is 0 Å². The van der Waals surface area contributed by atoms with E-state index in [9.17, 15) is 67.1 Å². The number of amides is 7. The Morgan fingerprint density at radius 2 is 0.687 bits per heavy atom. The maximum Gasteiger partial charge on any atom is 0.303 e. The van der Waals surface area contributed by atoms with Crippen molar-refractivity contribution in [3.8, 4) is 0 Å². The summed E-state index contributed by atoms with van der Waals surface area (Å²) in [7, 11) is 0. The summed E-state index contributed by atoms with van der Waals surface area (Å²) in [6, 6.07) is -2.85. The van der Waals surface area contributed by atoms with E-state index in [1.807, 2.05) is 0 Å². The molecule has 0 aromatic heterocycles. The Hall–Kier alpha value is -7.66. The fourth-order valence-corrected chi connectivity index (χ4v) is 10.3. The van der Waals surface area contributed by atoms with Crippen LogP contribution < -0.4 is 37.2 Å². The van der Waals surface area contributed by atoms with Crippen LogP contribution in [0.3, 0.4) is 0 Å². The molecule has 0 aromatic carbocycles. The van der Waals surface area contributed by atoms with E-state index in [1.54, 1.807) is 0 Å². The second-order valence-electron chi connectivity index (χ2n) is 23.8. The molecule has 0 unspecified atom stereocenters. The molecular weight excluding hydrogens is 1310 g/mol. The van der Waals surface area contributed by atoms with Crippen LogP contribution in [0.5, 0.6) is 0 Å². The van der Waals surface area contributed by atoms with E-state index in [4.69, 9.17) is 61.9 Å². The molecule has 0 radical (unpaired) electrons. The number of esters is 6. The highest BCUT2D eigenvalue weighted by Crippen LogP contribution is 2.30. The number of nitrogens with one attached hydrogen (secondary N) is 7. The van der Waals surface area contributed by atoms with Crippen molar-refractivity contribution in [2.24, 2.45) is 0 Å². The Morgan fingerprint density at radius 3 is 1.03 bits per heavy atom. The van der Waals surface area contributed by atoms with Gasteiger partial charge in [-0.15, -0.1) is 0 Å². The minimum Gasteiger partial charge on any atom is -0.481 e. The number of ether oxygens (including phenoxy) is 12. The first-order valence-electron chi connectivity index (χ1n) is 33.9. The smallest absolute Gasteiger partial charge is 0.303 e. The standard InChI is InChI=1S/C65H107N7O27/c1-41(73)70-58-62(96-47(7)79)60(94-45(5)77)50(39-92-43(3)75)98-64(58)90-33-19-17-23-52(81)66-29-21-31-68-54(83)27-35-88-37-49(72-56(85)25-15-13-11-9-10-12-14-16-26-57(86)87)38-89-36-28-55(84)69-32-22-30-67-53(82)24-18-20-34-91-65-59(71-42(2)74)63(97-48(8)80)61(95-46(6)78)51(99-65)40-93-44(4)76/h49-51,58-65H,9-40H2,1-8H3,(H,66,81)(H,67,82)(H,68,83)(H,69,84)(H,70,73)(H,71,74)(H,72,85)(H,86,87)/t50-,51-,58-,59-,60+,61+,62-,63-,64-,65-/m1/s1. The molecule has 10 atom stereocenters. The normalized spacial score (nSPS) is 20.2. The molecule has 99 heavy (non-hydrogen) atoms. The van der Waals surface area contributed by atoms with Crippen LogP contribution in [0, 0.1) is 0 Å². The molecule has 0 aromatic rings. The number of hydrogen-bond acceptors (Lipinski definition) is 26. The second-order valence-corrected chi connectivity index (χ2v) is 23.8. The molecule has 34 heteroatoms. The van der Waals surface area contributed by atoms with Gasteiger partial charge < -0.3 is 99.2 Å². The van der Waals surface area contributed by atoms with Crippen molar-refractivity contribution >= 4 is 83.1 Å². The molecule has 2 fully saturated rings. The monoisotopic (exact) mass is 1420 g/mol. The number of unbranched alkanes of at least 4 members (excludes halogenated alkanes) is 9. The van der Waals surface area contributed by atoms with Crippen LogP contribution in [0.25, 0.3) is 0 Å². The average Bonchev–Trinajstić information content (AvgIpc) is 0.796. The van der Waals surface area contributed by atoms with Gasteiger partial charge in [0.05, 0.1) is 32.5 Å². The van der Waals surface area contributed by atoms with Crippen LogP contribution >= 0.6 is 0 Å². The zero-order valence-corrected chi connectivity index (χ0v) is 58.5. The van der Waals surface area contributed by atoms with Gasteiger partial charge in [0.15, 0.2) is 37.0 Å². The second kappa shape index (κ2) is 51.5. The summed E-state index contributed by atoms with van der Waals surface area (Å²) in [6.45, 7) is 9.78. The first kappa shape index (κ1) is 87.4. The fraction of sp³-hybridized carbons (Fsp3) is 0.785. The Kier molecular flexibility index (Phi) is 45.5. The number of carboxylic acid groups (broad SMARTS) is 1. The molecule has 0 aliphatic carbocycles. The van der Waals surface area contributed by atoms with Crippen LogP contribution in [-0.4, -0.2) is 235 Å². The lowest BCUT2D eigenvalue weighted by Gasteiger charge is -2.44. The largest absolute Gasteiger partial charge is 0.481 e. The van der Waals surface area contributed by atoms with Gasteiger partial charge in [-0.3, -0.25) is 67.1 Å². The zero-order valence-electron chi connectivity index (χ0n) is 58.5. The van der Waals surface area contributed by atoms with E-state index < -0.39 is 121 Å². The van der Waals surface area contributed by atoms with Crippen LogP contribution in [-0.2, 0) is 124 Å². The topological polar surface area (TPSA) is 454 Å². The van der Waals surface area contributed by atoms with E-state index >= 15 is 0 Å². The van der Waals surface area contributed by atoms with E-state index in [-0.39, 0.29) is 147 Å². The summed E-state index contributed by atoms with van der Waals surface area (Å²) < 4.78 is 67.4. The third-order valence-corrected chi connectivity index (χ3v) is 14.8. The predicted octanol–water partition coefficient (Wildman–Crippen LogP) is 1.20. The van der Waals surface area contributed by atoms with Gasteiger partial charge in [0, 0.05) is 133 Å². The number of carboxylic acids is 1. The van der Waals surface area contributed by atoms with Crippen LogP contribution in [0.15, 0.2) is 0 Å². The minimum atomic E-state index is -1.27. The van der Waals surface area contributed by atoms with Gasteiger partial charge in [0.25, 0.3) is 0 Å². The highest BCUT2D eigenvalue weighted by Gasteiger charge is 2.53. The van der Waals surface area contributed by atoms with Crippen LogP contribution in [0.2, 0.25) is 0 Å². The molecule has 8 N–H and O–H groups in total. The Morgan fingerprint density at radius 1 is 0.364 bits per heavy atom. The van der Waals surface area contributed by atoms with Crippen molar-refractivity contribution < 1.29 is 129 Å². The molecule has 34 nitrogen and oxygen atoms in total. The highest BCUT2D eigenvalue weighted by molar-refractivity contribution is 5.78. The summed E-state index contributed by atoms with van der Waals surface area (Å²) in [5.74, 6) is -7.42. The summed E-state index contributed by atoms with van der Waals surface area (Å²) in [6.07, 6.45) is 0.143. The van der Waals surface area contributed by atoms with Crippen molar-refractivity contribution in [3.63, 3.8) is 0 Å². The molecule has 0 saturated carbocycles. The Balaban J connectivity index is 1.77. The first-order chi connectivity index (χ1) is 47.1. The number of aliphatic carboxylic acids is 1. The van der Waals surface area contributed by atoms with Gasteiger partial charge >= 0.3 is 41.8 Å². The van der Waals surface area contributed by atoms with E-state index in [0.29, 0.717) is 51.4 Å².